The van der Waals surface area contributed by atoms with E-state index in [0.29, 0.717) is 0 Å². The SMILES string of the molecule is C=C1Cc2ccc(CC)cc2N1C.CC. The van der Waals surface area contributed by atoms with E-state index in [0.717, 1.165) is 12.8 Å². The molecule has 0 radical (unpaired) electrons. The third-order valence-electron chi connectivity index (χ3n) is 2.79. The van der Waals surface area contributed by atoms with E-state index in [-0.39, 0.29) is 0 Å². The highest BCUT2D eigenvalue weighted by Crippen LogP contribution is 2.32. The van der Waals surface area contributed by atoms with Crippen LogP contribution in [0.1, 0.15) is 31.9 Å². The van der Waals surface area contributed by atoms with E-state index < -0.39 is 0 Å². The first kappa shape index (κ1) is 11.8. The Morgan fingerprint density at radius 3 is 2.60 bits per heavy atom. The highest BCUT2D eigenvalue weighted by Gasteiger charge is 2.18. The van der Waals surface area contributed by atoms with Gasteiger partial charge in [-0.25, -0.2) is 0 Å². The molecule has 0 spiro atoms. The Hall–Kier alpha value is -1.24. The molecule has 0 bridgehead atoms. The second kappa shape index (κ2) is 5.01. The molecule has 1 nitrogen and oxygen atoms in total. The first-order valence-electron chi connectivity index (χ1n) is 5.75. The van der Waals surface area contributed by atoms with Crippen LogP contribution < -0.4 is 4.90 Å². The summed E-state index contributed by atoms with van der Waals surface area (Å²) >= 11 is 0. The van der Waals surface area contributed by atoms with Crippen molar-refractivity contribution in [2.45, 2.75) is 33.6 Å². The van der Waals surface area contributed by atoms with Gasteiger partial charge in [-0.15, -0.1) is 0 Å². The van der Waals surface area contributed by atoms with Crippen molar-refractivity contribution in [2.75, 3.05) is 11.9 Å². The Balaban J connectivity index is 0.000000531. The fourth-order valence-corrected chi connectivity index (χ4v) is 1.80. The van der Waals surface area contributed by atoms with Crippen molar-refractivity contribution in [3.05, 3.63) is 41.6 Å². The third-order valence-corrected chi connectivity index (χ3v) is 2.79. The lowest BCUT2D eigenvalue weighted by atomic mass is 10.1. The second-order valence-corrected chi connectivity index (χ2v) is 3.62. The molecule has 0 amide bonds. The number of nitrogens with zero attached hydrogens (tertiary/aromatic N) is 1. The van der Waals surface area contributed by atoms with Gasteiger partial charge in [0, 0.05) is 24.9 Å². The van der Waals surface area contributed by atoms with Crippen molar-refractivity contribution < 1.29 is 0 Å². The van der Waals surface area contributed by atoms with Gasteiger partial charge in [-0.05, 0) is 23.6 Å². The molecule has 0 saturated heterocycles. The Labute approximate surface area is 93.4 Å². The molecule has 1 aliphatic rings. The molecular formula is C14H21N. The molecule has 0 aliphatic carbocycles. The summed E-state index contributed by atoms with van der Waals surface area (Å²) < 4.78 is 0. The number of rotatable bonds is 1. The largest absolute Gasteiger partial charge is 0.348 e. The fourth-order valence-electron chi connectivity index (χ4n) is 1.80. The first-order valence-corrected chi connectivity index (χ1v) is 5.75. The maximum absolute atomic E-state index is 4.03. The summed E-state index contributed by atoms with van der Waals surface area (Å²) in [7, 11) is 2.09. The summed E-state index contributed by atoms with van der Waals surface area (Å²) in [5.41, 5.74) is 5.35. The minimum absolute atomic E-state index is 1.01. The van der Waals surface area contributed by atoms with Crippen molar-refractivity contribution in [3.63, 3.8) is 0 Å². The van der Waals surface area contributed by atoms with E-state index in [4.69, 9.17) is 0 Å². The van der Waals surface area contributed by atoms with E-state index in [1.807, 2.05) is 13.8 Å². The Morgan fingerprint density at radius 2 is 2.00 bits per heavy atom. The van der Waals surface area contributed by atoms with Crippen LogP contribution in [0.2, 0.25) is 0 Å². The standard InChI is InChI=1S/C12H15N.C2H6/c1-4-10-5-6-11-7-9(2)13(3)12(11)8-10;1-2/h5-6,8H,2,4,7H2,1,3H3;1-2H3. The molecule has 1 heteroatoms. The zero-order valence-electron chi connectivity index (χ0n) is 10.3. The minimum atomic E-state index is 1.01. The molecule has 0 aromatic heterocycles. The highest BCUT2D eigenvalue weighted by molar-refractivity contribution is 5.64. The molecule has 15 heavy (non-hydrogen) atoms. The molecule has 0 N–H and O–H groups in total. The van der Waals surface area contributed by atoms with Gasteiger partial charge < -0.3 is 4.90 Å². The van der Waals surface area contributed by atoms with Gasteiger partial charge in [0.25, 0.3) is 0 Å². The second-order valence-electron chi connectivity index (χ2n) is 3.62. The van der Waals surface area contributed by atoms with Crippen LogP contribution in [0.4, 0.5) is 5.69 Å². The smallest absolute Gasteiger partial charge is 0.0444 e. The van der Waals surface area contributed by atoms with E-state index in [1.54, 1.807) is 0 Å². The van der Waals surface area contributed by atoms with Gasteiger partial charge in [0.05, 0.1) is 0 Å². The number of hydrogen-bond acceptors (Lipinski definition) is 1. The van der Waals surface area contributed by atoms with Gasteiger partial charge in [-0.1, -0.05) is 39.5 Å². The number of anilines is 1. The minimum Gasteiger partial charge on any atom is -0.348 e. The highest BCUT2D eigenvalue weighted by atomic mass is 15.1. The number of fused-ring (bicyclic) bond motifs is 1. The van der Waals surface area contributed by atoms with E-state index >= 15 is 0 Å². The van der Waals surface area contributed by atoms with E-state index in [9.17, 15) is 0 Å². The molecule has 0 unspecified atom stereocenters. The predicted molar refractivity (Wildman–Crippen MR) is 68.4 cm³/mol. The topological polar surface area (TPSA) is 3.24 Å². The first-order chi connectivity index (χ1) is 7.22. The molecule has 1 aromatic rings. The normalized spacial score (nSPS) is 13.3. The molecule has 1 heterocycles. The molecule has 1 aromatic carbocycles. The zero-order valence-corrected chi connectivity index (χ0v) is 10.3. The predicted octanol–water partition coefficient (Wildman–Crippen LogP) is 3.78. The number of allylic oxidation sites excluding steroid dienone is 1. The van der Waals surface area contributed by atoms with Gasteiger partial charge in [-0.2, -0.15) is 0 Å². The maximum Gasteiger partial charge on any atom is 0.0444 e. The number of benzene rings is 1. The molecular weight excluding hydrogens is 182 g/mol. The van der Waals surface area contributed by atoms with Crippen molar-refractivity contribution >= 4 is 5.69 Å². The third kappa shape index (κ3) is 2.23. The summed E-state index contributed by atoms with van der Waals surface area (Å²) in [4.78, 5) is 2.19. The molecule has 0 atom stereocenters. The van der Waals surface area contributed by atoms with E-state index in [2.05, 4.69) is 43.6 Å². The van der Waals surface area contributed by atoms with Gasteiger partial charge in [-0.3, -0.25) is 0 Å². The van der Waals surface area contributed by atoms with E-state index in [1.165, 1.54) is 22.5 Å². The number of aryl methyl sites for hydroxylation is 1. The van der Waals surface area contributed by atoms with Crippen molar-refractivity contribution in [3.8, 4) is 0 Å². The summed E-state index contributed by atoms with van der Waals surface area (Å²) in [6, 6.07) is 6.71. The lowest BCUT2D eigenvalue weighted by molar-refractivity contribution is 1.10. The van der Waals surface area contributed by atoms with Crippen LogP contribution in [-0.4, -0.2) is 7.05 Å². The van der Waals surface area contributed by atoms with Crippen LogP contribution in [0.3, 0.4) is 0 Å². The van der Waals surface area contributed by atoms with Crippen LogP contribution in [-0.2, 0) is 12.8 Å². The average molecular weight is 203 g/mol. The molecule has 1 aliphatic heterocycles. The summed E-state index contributed by atoms with van der Waals surface area (Å²) in [6.07, 6.45) is 2.11. The van der Waals surface area contributed by atoms with Crippen LogP contribution in [0.25, 0.3) is 0 Å². The van der Waals surface area contributed by atoms with Crippen LogP contribution in [0.15, 0.2) is 30.5 Å². The molecule has 2 rings (SSSR count). The fraction of sp³-hybridized carbons (Fsp3) is 0.429. The van der Waals surface area contributed by atoms with Crippen molar-refractivity contribution in [2.24, 2.45) is 0 Å². The lowest BCUT2D eigenvalue weighted by Gasteiger charge is -2.13. The lowest BCUT2D eigenvalue weighted by Crippen LogP contribution is -2.09. The van der Waals surface area contributed by atoms with Crippen LogP contribution in [0, 0.1) is 0 Å². The van der Waals surface area contributed by atoms with Crippen molar-refractivity contribution in [1.82, 2.24) is 0 Å². The summed E-state index contributed by atoms with van der Waals surface area (Å²) in [5, 5.41) is 0. The Morgan fingerprint density at radius 1 is 1.33 bits per heavy atom. The van der Waals surface area contributed by atoms with Crippen LogP contribution >= 0.6 is 0 Å². The monoisotopic (exact) mass is 203 g/mol. The average Bonchev–Trinajstić information content (AvgIpc) is 2.57. The van der Waals surface area contributed by atoms with Gasteiger partial charge in [0.15, 0.2) is 0 Å². The van der Waals surface area contributed by atoms with Crippen LogP contribution in [0.5, 0.6) is 0 Å². The van der Waals surface area contributed by atoms with Gasteiger partial charge in [0.1, 0.15) is 0 Å². The Kier molecular flexibility index (Phi) is 3.96. The number of hydrogen-bond donors (Lipinski definition) is 0. The van der Waals surface area contributed by atoms with Gasteiger partial charge in [0.2, 0.25) is 0 Å². The summed E-state index contributed by atoms with van der Waals surface area (Å²) in [6.45, 7) is 10.2. The maximum atomic E-state index is 4.03. The number of likely N-dealkylation sites (N-methyl/N-ethyl adjacent to an activating group) is 1. The molecule has 0 saturated carbocycles. The Bertz CT molecular complexity index is 352. The van der Waals surface area contributed by atoms with Gasteiger partial charge >= 0.3 is 0 Å². The summed E-state index contributed by atoms with van der Waals surface area (Å²) in [5.74, 6) is 0. The quantitative estimate of drug-likeness (QED) is 0.671. The zero-order chi connectivity index (χ0) is 11.4. The molecule has 82 valence electrons. The van der Waals surface area contributed by atoms with Crippen molar-refractivity contribution in [1.29, 1.82) is 0 Å². The molecule has 0 fully saturated rings.